The third kappa shape index (κ3) is 3.09. The van der Waals surface area contributed by atoms with Crippen LogP contribution >= 0.6 is 0 Å². The van der Waals surface area contributed by atoms with Gasteiger partial charge in [0.25, 0.3) is 0 Å². The van der Waals surface area contributed by atoms with Gasteiger partial charge >= 0.3 is 12.1 Å². The minimum Gasteiger partial charge on any atom is -0.370 e. The van der Waals surface area contributed by atoms with Crippen molar-refractivity contribution in [1.82, 2.24) is 4.90 Å². The second-order valence-corrected chi connectivity index (χ2v) is 3.42. The monoisotopic (exact) mass is 240 g/mol. The van der Waals surface area contributed by atoms with Crippen LogP contribution in [0.1, 0.15) is 6.42 Å². The van der Waals surface area contributed by atoms with Crippen LogP contribution in [-0.4, -0.2) is 48.7 Å². The summed E-state index contributed by atoms with van der Waals surface area (Å²) in [5.74, 6) is -2.57. The molecule has 0 aromatic carbocycles. The van der Waals surface area contributed by atoms with Gasteiger partial charge in [0.05, 0.1) is 12.6 Å². The fraction of sp³-hybridized carbons (Fsp3) is 0.750. The van der Waals surface area contributed by atoms with Crippen LogP contribution in [0.4, 0.5) is 13.2 Å². The van der Waals surface area contributed by atoms with Gasteiger partial charge in [0, 0.05) is 6.54 Å². The minimum atomic E-state index is -4.86. The third-order valence-corrected chi connectivity index (χ3v) is 2.20. The molecule has 0 radical (unpaired) electrons. The predicted octanol–water partition coefficient (Wildman–Crippen LogP) is -0.348. The van der Waals surface area contributed by atoms with Crippen molar-refractivity contribution in [2.45, 2.75) is 18.6 Å². The molecule has 16 heavy (non-hydrogen) atoms. The summed E-state index contributed by atoms with van der Waals surface area (Å²) in [6, 6.07) is -0.617. The Balaban J connectivity index is 2.36. The van der Waals surface area contributed by atoms with Gasteiger partial charge in [-0.2, -0.15) is 13.2 Å². The van der Waals surface area contributed by atoms with Crippen molar-refractivity contribution in [2.24, 2.45) is 5.73 Å². The number of amides is 2. The van der Waals surface area contributed by atoms with Crippen molar-refractivity contribution in [3.63, 3.8) is 0 Å². The summed E-state index contributed by atoms with van der Waals surface area (Å²) in [6.07, 6.45) is -4.43. The van der Waals surface area contributed by atoms with Crippen molar-refractivity contribution in [1.29, 1.82) is 0 Å². The van der Waals surface area contributed by atoms with Gasteiger partial charge in [-0.1, -0.05) is 0 Å². The average Bonchev–Trinajstić information content (AvgIpc) is 2.08. The summed E-state index contributed by atoms with van der Waals surface area (Å²) in [7, 11) is 0. The number of likely N-dealkylation sites (tertiary alicyclic amines) is 1. The molecule has 1 unspecified atom stereocenters. The number of carbonyl (C=O) groups is 2. The largest absolute Gasteiger partial charge is 0.471 e. The Hall–Kier alpha value is -1.31. The lowest BCUT2D eigenvalue weighted by molar-refractivity contribution is -0.194. The Morgan fingerprint density at radius 1 is 1.44 bits per heavy atom. The van der Waals surface area contributed by atoms with Crippen molar-refractivity contribution in [2.75, 3.05) is 19.8 Å². The number of primary amides is 1. The molecule has 0 bridgehead atoms. The number of nitrogens with two attached hydrogens (primary N) is 1. The second-order valence-electron chi connectivity index (χ2n) is 3.42. The molecule has 1 atom stereocenters. The highest BCUT2D eigenvalue weighted by Gasteiger charge is 2.47. The van der Waals surface area contributed by atoms with E-state index in [1.165, 1.54) is 0 Å². The molecule has 8 heteroatoms. The lowest BCUT2D eigenvalue weighted by Crippen LogP contribution is -2.57. The zero-order valence-corrected chi connectivity index (χ0v) is 8.29. The number of halogens is 3. The first-order valence-electron chi connectivity index (χ1n) is 4.56. The van der Waals surface area contributed by atoms with Gasteiger partial charge in [0.2, 0.25) is 5.91 Å². The summed E-state index contributed by atoms with van der Waals surface area (Å²) >= 11 is 0. The van der Waals surface area contributed by atoms with Gasteiger partial charge in [-0.3, -0.25) is 9.59 Å². The van der Waals surface area contributed by atoms with E-state index < -0.39 is 24.0 Å². The maximum atomic E-state index is 12.0. The minimum absolute atomic E-state index is 0.0585. The van der Waals surface area contributed by atoms with Crippen LogP contribution in [0, 0.1) is 0 Å². The molecule has 2 amide bonds. The molecule has 0 aromatic heterocycles. The fourth-order valence-corrected chi connectivity index (χ4v) is 1.34. The number of hydrogen-bond acceptors (Lipinski definition) is 3. The summed E-state index contributed by atoms with van der Waals surface area (Å²) < 4.78 is 40.9. The summed E-state index contributed by atoms with van der Waals surface area (Å²) in [5, 5.41) is 0. The lowest BCUT2D eigenvalue weighted by Gasteiger charge is -2.40. The number of ether oxygens (including phenoxy) is 1. The summed E-state index contributed by atoms with van der Waals surface area (Å²) in [4.78, 5) is 21.8. The number of carbonyl (C=O) groups excluding carboxylic acids is 2. The Bertz CT molecular complexity index is 293. The van der Waals surface area contributed by atoms with E-state index in [9.17, 15) is 22.8 Å². The fourth-order valence-electron chi connectivity index (χ4n) is 1.34. The van der Waals surface area contributed by atoms with Crippen LogP contribution in [-0.2, 0) is 14.3 Å². The highest BCUT2D eigenvalue weighted by atomic mass is 19.4. The van der Waals surface area contributed by atoms with Crippen LogP contribution in [0.15, 0.2) is 0 Å². The van der Waals surface area contributed by atoms with Gasteiger partial charge in [-0.25, -0.2) is 0 Å². The van der Waals surface area contributed by atoms with E-state index >= 15 is 0 Å². The van der Waals surface area contributed by atoms with Crippen LogP contribution < -0.4 is 5.73 Å². The number of nitrogens with zero attached hydrogens (tertiary/aromatic N) is 1. The van der Waals surface area contributed by atoms with Crippen molar-refractivity contribution in [3.8, 4) is 0 Å². The van der Waals surface area contributed by atoms with Gasteiger partial charge in [0.15, 0.2) is 0 Å². The molecule has 1 aliphatic heterocycles. The molecule has 1 aliphatic rings. The van der Waals surface area contributed by atoms with Gasteiger partial charge < -0.3 is 15.4 Å². The molecule has 1 heterocycles. The molecule has 2 N–H and O–H groups in total. The number of alkyl halides is 3. The molecule has 1 saturated heterocycles. The van der Waals surface area contributed by atoms with Crippen LogP contribution in [0.5, 0.6) is 0 Å². The lowest BCUT2D eigenvalue weighted by atomic mass is 10.0. The van der Waals surface area contributed by atoms with E-state index in [-0.39, 0.29) is 19.8 Å². The maximum Gasteiger partial charge on any atom is 0.471 e. The Morgan fingerprint density at radius 2 is 2.06 bits per heavy atom. The molecule has 1 fully saturated rings. The summed E-state index contributed by atoms with van der Waals surface area (Å²) in [6.45, 7) is -0.405. The highest BCUT2D eigenvalue weighted by molar-refractivity contribution is 5.82. The van der Waals surface area contributed by atoms with E-state index in [0.717, 1.165) is 0 Å². The molecule has 0 aliphatic carbocycles. The molecule has 1 rings (SSSR count). The van der Waals surface area contributed by atoms with E-state index in [0.29, 0.717) is 11.3 Å². The van der Waals surface area contributed by atoms with E-state index in [1.807, 2.05) is 0 Å². The zero-order chi connectivity index (χ0) is 12.3. The van der Waals surface area contributed by atoms with E-state index in [2.05, 4.69) is 0 Å². The molecular weight excluding hydrogens is 229 g/mol. The molecule has 0 saturated carbocycles. The highest BCUT2D eigenvalue weighted by Crippen LogP contribution is 2.26. The molecule has 5 nitrogen and oxygen atoms in total. The standard InChI is InChI=1S/C8H11F3N2O3/c9-8(10,11)7(15)13-2-1-5(13)3-16-4-6(12)14/h5H,1-4H2,(H2,12,14). The first-order valence-corrected chi connectivity index (χ1v) is 4.56. The molecule has 0 spiro atoms. The normalized spacial score (nSPS) is 20.4. The van der Waals surface area contributed by atoms with Crippen LogP contribution in [0.3, 0.4) is 0 Å². The van der Waals surface area contributed by atoms with Crippen LogP contribution in [0.2, 0.25) is 0 Å². The van der Waals surface area contributed by atoms with Crippen molar-refractivity contribution >= 4 is 11.8 Å². The van der Waals surface area contributed by atoms with Crippen LogP contribution in [0.25, 0.3) is 0 Å². The molecular formula is C8H11F3N2O3. The SMILES string of the molecule is NC(=O)COCC1CCN1C(=O)C(F)(F)F. The number of hydrogen-bond donors (Lipinski definition) is 1. The quantitative estimate of drug-likeness (QED) is 0.730. The topological polar surface area (TPSA) is 72.6 Å². The second kappa shape index (κ2) is 4.69. The summed E-state index contributed by atoms with van der Waals surface area (Å²) in [5.41, 5.74) is 4.78. The van der Waals surface area contributed by atoms with E-state index in [1.54, 1.807) is 0 Å². The van der Waals surface area contributed by atoms with Crippen molar-refractivity contribution in [3.05, 3.63) is 0 Å². The van der Waals surface area contributed by atoms with Crippen molar-refractivity contribution < 1.29 is 27.5 Å². The third-order valence-electron chi connectivity index (χ3n) is 2.20. The molecule has 0 aromatic rings. The average molecular weight is 240 g/mol. The van der Waals surface area contributed by atoms with Gasteiger partial charge in [-0.15, -0.1) is 0 Å². The Morgan fingerprint density at radius 3 is 2.44 bits per heavy atom. The maximum absolute atomic E-state index is 12.0. The predicted molar refractivity (Wildman–Crippen MR) is 46.2 cm³/mol. The Kier molecular flexibility index (Phi) is 3.74. The Labute approximate surface area is 89.3 Å². The first kappa shape index (κ1) is 12.8. The first-order chi connectivity index (χ1) is 7.32. The van der Waals surface area contributed by atoms with Gasteiger partial charge in [0.1, 0.15) is 6.61 Å². The smallest absolute Gasteiger partial charge is 0.370 e. The number of rotatable bonds is 4. The van der Waals surface area contributed by atoms with Gasteiger partial charge in [-0.05, 0) is 6.42 Å². The molecule has 92 valence electrons. The zero-order valence-electron chi connectivity index (χ0n) is 8.29. The van der Waals surface area contributed by atoms with E-state index in [4.69, 9.17) is 10.5 Å².